The van der Waals surface area contributed by atoms with E-state index in [1.807, 2.05) is 23.1 Å². The number of rotatable bonds is 4. The van der Waals surface area contributed by atoms with E-state index in [0.717, 1.165) is 28.2 Å². The maximum atomic E-state index is 13.0. The molecule has 3 heterocycles. The molecular formula is C24H27ClN4O3S2. The third-order valence-electron chi connectivity index (χ3n) is 6.54. The monoisotopic (exact) mass is 518 g/mol. The van der Waals surface area contributed by atoms with Gasteiger partial charge in [0.25, 0.3) is 5.91 Å². The fraction of sp³-hybridized carbons (Fsp3) is 0.417. The Morgan fingerprint density at radius 2 is 1.79 bits per heavy atom. The summed E-state index contributed by atoms with van der Waals surface area (Å²) < 4.78 is 28.6. The number of hydrogen-bond donors (Lipinski definition) is 0. The molecule has 0 aliphatic carbocycles. The molecule has 2 fully saturated rings. The molecule has 1 unspecified atom stereocenters. The molecule has 1 atom stereocenters. The van der Waals surface area contributed by atoms with Gasteiger partial charge in [0, 0.05) is 49.9 Å². The maximum absolute atomic E-state index is 13.0. The molecule has 1 aromatic heterocycles. The summed E-state index contributed by atoms with van der Waals surface area (Å²) in [6.07, 6.45) is 1.94. The van der Waals surface area contributed by atoms with Crippen LogP contribution in [0.2, 0.25) is 5.02 Å². The summed E-state index contributed by atoms with van der Waals surface area (Å²) in [5, 5.41) is 1.63. The van der Waals surface area contributed by atoms with Gasteiger partial charge in [0.2, 0.25) is 10.0 Å². The predicted molar refractivity (Wildman–Crippen MR) is 136 cm³/mol. The molecule has 180 valence electrons. The van der Waals surface area contributed by atoms with Crippen LogP contribution in [0.1, 0.15) is 30.1 Å². The van der Waals surface area contributed by atoms with Gasteiger partial charge in [0.15, 0.2) is 5.13 Å². The van der Waals surface area contributed by atoms with Crippen LogP contribution in [0.5, 0.6) is 0 Å². The number of anilines is 1. The van der Waals surface area contributed by atoms with Gasteiger partial charge in [-0.25, -0.2) is 13.4 Å². The molecule has 0 bridgehead atoms. The lowest BCUT2D eigenvalue weighted by atomic mass is 10.0. The lowest BCUT2D eigenvalue weighted by Gasteiger charge is -2.34. The van der Waals surface area contributed by atoms with Gasteiger partial charge in [-0.3, -0.25) is 4.79 Å². The molecule has 3 aromatic rings. The average Bonchev–Trinajstić information content (AvgIpc) is 3.27. The van der Waals surface area contributed by atoms with E-state index in [1.165, 1.54) is 0 Å². The number of hydrogen-bond acceptors (Lipinski definition) is 6. The standard InChI is InChI=1S/C24H27ClN4O3S2/c1-17-3-2-10-29(16-17)34(31,32)20-7-4-18(5-8-20)23(30)27-11-13-28(14-12-27)24-26-21-9-6-19(25)15-22(21)33-24/h4-9,15,17H,2-3,10-14,16H2,1H3. The van der Waals surface area contributed by atoms with E-state index in [0.29, 0.717) is 55.8 Å². The van der Waals surface area contributed by atoms with Crippen molar-refractivity contribution >= 4 is 54.2 Å². The van der Waals surface area contributed by atoms with Crippen molar-refractivity contribution in [1.82, 2.24) is 14.2 Å². The van der Waals surface area contributed by atoms with Gasteiger partial charge >= 0.3 is 0 Å². The first-order valence-electron chi connectivity index (χ1n) is 11.5. The summed E-state index contributed by atoms with van der Waals surface area (Å²) in [7, 11) is -3.53. The fourth-order valence-corrected chi connectivity index (χ4v) is 7.48. The Morgan fingerprint density at radius 3 is 2.50 bits per heavy atom. The second-order valence-corrected chi connectivity index (χ2v) is 12.4. The molecule has 34 heavy (non-hydrogen) atoms. The predicted octanol–water partition coefficient (Wildman–Crippen LogP) is 4.33. The summed E-state index contributed by atoms with van der Waals surface area (Å²) in [5.74, 6) is 0.287. The van der Waals surface area contributed by atoms with E-state index in [4.69, 9.17) is 16.6 Å². The minimum absolute atomic E-state index is 0.0775. The zero-order valence-electron chi connectivity index (χ0n) is 19.0. The summed E-state index contributed by atoms with van der Waals surface area (Å²) in [6.45, 7) is 5.74. The highest BCUT2D eigenvalue weighted by Crippen LogP contribution is 2.31. The number of halogens is 1. The van der Waals surface area contributed by atoms with Crippen molar-refractivity contribution in [3.63, 3.8) is 0 Å². The van der Waals surface area contributed by atoms with Gasteiger partial charge < -0.3 is 9.80 Å². The number of sulfonamides is 1. The van der Waals surface area contributed by atoms with Crippen LogP contribution in [0.4, 0.5) is 5.13 Å². The van der Waals surface area contributed by atoms with Gasteiger partial charge in [-0.05, 0) is 61.2 Å². The van der Waals surface area contributed by atoms with Crippen molar-refractivity contribution in [2.75, 3.05) is 44.2 Å². The quantitative estimate of drug-likeness (QED) is 0.514. The molecule has 5 rings (SSSR count). The maximum Gasteiger partial charge on any atom is 0.253 e. The molecule has 7 nitrogen and oxygen atoms in total. The second kappa shape index (κ2) is 9.45. The number of aromatic nitrogens is 1. The minimum Gasteiger partial charge on any atom is -0.345 e. The van der Waals surface area contributed by atoms with Crippen LogP contribution in [0.3, 0.4) is 0 Å². The normalized spacial score (nSPS) is 20.1. The number of nitrogens with zero attached hydrogens (tertiary/aromatic N) is 4. The number of carbonyl (C=O) groups is 1. The topological polar surface area (TPSA) is 73.8 Å². The number of amides is 1. The Hall–Kier alpha value is -2.20. The zero-order chi connectivity index (χ0) is 23.9. The second-order valence-electron chi connectivity index (χ2n) is 9.02. The van der Waals surface area contributed by atoms with Crippen LogP contribution in [-0.2, 0) is 10.0 Å². The van der Waals surface area contributed by atoms with Crippen molar-refractivity contribution in [3.8, 4) is 0 Å². The minimum atomic E-state index is -3.53. The Balaban J connectivity index is 1.23. The molecule has 0 spiro atoms. The first-order chi connectivity index (χ1) is 16.3. The number of piperidine rings is 1. The Morgan fingerprint density at radius 1 is 1.06 bits per heavy atom. The number of fused-ring (bicyclic) bond motifs is 1. The highest BCUT2D eigenvalue weighted by Gasteiger charge is 2.29. The summed E-state index contributed by atoms with van der Waals surface area (Å²) in [6, 6.07) is 12.1. The molecule has 1 amide bonds. The van der Waals surface area contributed by atoms with Crippen molar-refractivity contribution < 1.29 is 13.2 Å². The van der Waals surface area contributed by atoms with Crippen LogP contribution in [0.15, 0.2) is 47.4 Å². The smallest absolute Gasteiger partial charge is 0.253 e. The highest BCUT2D eigenvalue weighted by molar-refractivity contribution is 7.89. The molecule has 0 saturated carbocycles. The summed E-state index contributed by atoms with van der Waals surface area (Å²) in [4.78, 5) is 22.0. The SMILES string of the molecule is CC1CCCN(S(=O)(=O)c2ccc(C(=O)N3CCN(c4nc5ccc(Cl)cc5s4)CC3)cc2)C1. The van der Waals surface area contributed by atoms with Gasteiger partial charge in [0.1, 0.15) is 0 Å². The van der Waals surface area contributed by atoms with Gasteiger partial charge in [0.05, 0.1) is 15.1 Å². The lowest BCUT2D eigenvalue weighted by Crippen LogP contribution is -2.48. The van der Waals surface area contributed by atoms with E-state index in [9.17, 15) is 13.2 Å². The first-order valence-corrected chi connectivity index (χ1v) is 14.2. The van der Waals surface area contributed by atoms with E-state index in [-0.39, 0.29) is 10.8 Å². The van der Waals surface area contributed by atoms with Crippen LogP contribution in [0.25, 0.3) is 10.2 Å². The molecule has 0 radical (unpaired) electrons. The van der Waals surface area contributed by atoms with Gasteiger partial charge in [-0.15, -0.1) is 0 Å². The third-order valence-corrected chi connectivity index (χ3v) is 9.73. The molecule has 2 aliphatic rings. The van der Waals surface area contributed by atoms with E-state index in [1.54, 1.807) is 39.9 Å². The largest absolute Gasteiger partial charge is 0.345 e. The fourth-order valence-electron chi connectivity index (χ4n) is 4.59. The lowest BCUT2D eigenvalue weighted by molar-refractivity contribution is 0.0746. The molecule has 2 aliphatic heterocycles. The van der Waals surface area contributed by atoms with E-state index >= 15 is 0 Å². The molecule has 10 heteroatoms. The number of benzene rings is 2. The zero-order valence-corrected chi connectivity index (χ0v) is 21.4. The van der Waals surface area contributed by atoms with Crippen LogP contribution in [-0.4, -0.2) is 67.8 Å². The van der Waals surface area contributed by atoms with Crippen molar-refractivity contribution in [1.29, 1.82) is 0 Å². The number of piperazine rings is 1. The van der Waals surface area contributed by atoms with Crippen LogP contribution >= 0.6 is 22.9 Å². The van der Waals surface area contributed by atoms with Crippen molar-refractivity contribution in [3.05, 3.63) is 53.1 Å². The molecule has 2 saturated heterocycles. The summed E-state index contributed by atoms with van der Waals surface area (Å²) in [5.41, 5.74) is 1.44. The van der Waals surface area contributed by atoms with E-state index < -0.39 is 10.0 Å². The number of carbonyl (C=O) groups excluding carboxylic acids is 1. The molecule has 0 N–H and O–H groups in total. The first kappa shape index (κ1) is 23.5. The average molecular weight is 519 g/mol. The van der Waals surface area contributed by atoms with Gasteiger partial charge in [-0.2, -0.15) is 4.31 Å². The van der Waals surface area contributed by atoms with Crippen LogP contribution in [0, 0.1) is 5.92 Å². The van der Waals surface area contributed by atoms with Crippen molar-refractivity contribution in [2.45, 2.75) is 24.7 Å². The Kier molecular flexibility index (Phi) is 6.54. The Bertz CT molecular complexity index is 1300. The molecule has 2 aromatic carbocycles. The van der Waals surface area contributed by atoms with Gasteiger partial charge in [-0.1, -0.05) is 29.9 Å². The van der Waals surface area contributed by atoms with E-state index in [2.05, 4.69) is 11.8 Å². The number of thiazole rings is 1. The molecular weight excluding hydrogens is 492 g/mol. The van der Waals surface area contributed by atoms with Crippen LogP contribution < -0.4 is 4.90 Å². The Labute approximate surface area is 209 Å². The summed E-state index contributed by atoms with van der Waals surface area (Å²) >= 11 is 7.70. The highest BCUT2D eigenvalue weighted by atomic mass is 35.5. The third kappa shape index (κ3) is 4.66. The van der Waals surface area contributed by atoms with Crippen molar-refractivity contribution in [2.24, 2.45) is 5.92 Å².